The van der Waals surface area contributed by atoms with E-state index < -0.39 is 0 Å². The van der Waals surface area contributed by atoms with Crippen LogP contribution in [0.2, 0.25) is 0 Å². The standard InChI is InChI=1S/C10H13N.C7H15NO2/c1-7-8(2)11-10-6-4-3-5-9(7)10;1-5-8-6(9)10-7(2,3)4/h3-8,11H,1-2H3;5H2,1-4H3,(H,8,9). The van der Waals surface area contributed by atoms with Crippen LogP contribution in [0.3, 0.4) is 0 Å². The van der Waals surface area contributed by atoms with Gasteiger partial charge in [0.1, 0.15) is 5.60 Å². The first-order valence-corrected chi connectivity index (χ1v) is 7.57. The molecule has 1 aromatic rings. The first-order valence-electron chi connectivity index (χ1n) is 7.57. The van der Waals surface area contributed by atoms with Gasteiger partial charge < -0.3 is 15.4 Å². The number of anilines is 1. The summed E-state index contributed by atoms with van der Waals surface area (Å²) in [7, 11) is 0. The third kappa shape index (κ3) is 5.66. The van der Waals surface area contributed by atoms with Gasteiger partial charge >= 0.3 is 6.09 Å². The van der Waals surface area contributed by atoms with Crippen LogP contribution in [0.5, 0.6) is 0 Å². The summed E-state index contributed by atoms with van der Waals surface area (Å²) in [6, 6.07) is 9.13. The summed E-state index contributed by atoms with van der Waals surface area (Å²) >= 11 is 0. The van der Waals surface area contributed by atoms with Gasteiger partial charge in [0.25, 0.3) is 0 Å². The lowest BCUT2D eigenvalue weighted by atomic mass is 9.99. The van der Waals surface area contributed by atoms with Crippen molar-refractivity contribution in [2.75, 3.05) is 11.9 Å². The van der Waals surface area contributed by atoms with Gasteiger partial charge in [0.15, 0.2) is 0 Å². The smallest absolute Gasteiger partial charge is 0.407 e. The van der Waals surface area contributed by atoms with Crippen LogP contribution in [0, 0.1) is 0 Å². The minimum Gasteiger partial charge on any atom is -0.444 e. The number of rotatable bonds is 1. The predicted molar refractivity (Wildman–Crippen MR) is 87.9 cm³/mol. The summed E-state index contributed by atoms with van der Waals surface area (Å²) in [5, 5.41) is 5.99. The average molecular weight is 292 g/mol. The molecular formula is C17H28N2O2. The minimum atomic E-state index is -0.390. The van der Waals surface area contributed by atoms with Crippen LogP contribution in [0.1, 0.15) is 53.0 Å². The second-order valence-corrected chi connectivity index (χ2v) is 6.34. The number of amides is 1. The van der Waals surface area contributed by atoms with Crippen LogP contribution in [-0.4, -0.2) is 24.3 Å². The van der Waals surface area contributed by atoms with Gasteiger partial charge in [-0.1, -0.05) is 25.1 Å². The monoisotopic (exact) mass is 292 g/mol. The maximum absolute atomic E-state index is 10.7. The van der Waals surface area contributed by atoms with Crippen molar-refractivity contribution in [1.82, 2.24) is 5.32 Å². The zero-order valence-electron chi connectivity index (χ0n) is 14.0. The summed E-state index contributed by atoms with van der Waals surface area (Å²) in [6.45, 7) is 12.5. The number of hydrogen-bond acceptors (Lipinski definition) is 3. The summed E-state index contributed by atoms with van der Waals surface area (Å²) in [4.78, 5) is 10.7. The van der Waals surface area contributed by atoms with Crippen molar-refractivity contribution >= 4 is 11.8 Å². The molecule has 0 saturated carbocycles. The maximum Gasteiger partial charge on any atom is 0.407 e. The van der Waals surface area contributed by atoms with E-state index in [2.05, 4.69) is 48.7 Å². The molecule has 2 rings (SSSR count). The molecule has 1 aliphatic rings. The SMILES string of the molecule is CC1Nc2ccccc2C1C.CCNC(=O)OC(C)(C)C. The third-order valence-electron chi connectivity index (χ3n) is 3.30. The van der Waals surface area contributed by atoms with Gasteiger partial charge in [-0.25, -0.2) is 4.79 Å². The topological polar surface area (TPSA) is 50.4 Å². The number of hydrogen-bond donors (Lipinski definition) is 2. The average Bonchev–Trinajstić information content (AvgIpc) is 2.65. The van der Waals surface area contributed by atoms with Gasteiger partial charge in [-0.3, -0.25) is 0 Å². The van der Waals surface area contributed by atoms with Crippen molar-refractivity contribution in [3.8, 4) is 0 Å². The van der Waals surface area contributed by atoms with E-state index in [0.29, 0.717) is 18.5 Å². The lowest BCUT2D eigenvalue weighted by molar-refractivity contribution is 0.0531. The van der Waals surface area contributed by atoms with Gasteiger partial charge in [0.2, 0.25) is 0 Å². The molecule has 118 valence electrons. The van der Waals surface area contributed by atoms with Gasteiger partial charge in [-0.05, 0) is 46.2 Å². The van der Waals surface area contributed by atoms with Crippen molar-refractivity contribution in [2.24, 2.45) is 0 Å². The zero-order valence-corrected chi connectivity index (χ0v) is 14.0. The number of benzene rings is 1. The molecule has 0 saturated heterocycles. The van der Waals surface area contributed by atoms with Crippen molar-refractivity contribution in [1.29, 1.82) is 0 Å². The van der Waals surface area contributed by atoms with E-state index >= 15 is 0 Å². The molecule has 1 amide bonds. The molecule has 0 spiro atoms. The molecule has 2 atom stereocenters. The fourth-order valence-corrected chi connectivity index (χ4v) is 2.12. The molecule has 1 aromatic carbocycles. The highest BCUT2D eigenvalue weighted by molar-refractivity contribution is 5.67. The highest BCUT2D eigenvalue weighted by Crippen LogP contribution is 2.34. The van der Waals surface area contributed by atoms with Crippen LogP contribution in [0.4, 0.5) is 10.5 Å². The van der Waals surface area contributed by atoms with Gasteiger partial charge in [-0.15, -0.1) is 0 Å². The Kier molecular flexibility index (Phi) is 6.06. The molecule has 0 fully saturated rings. The Balaban J connectivity index is 0.000000212. The Morgan fingerprint density at radius 1 is 1.29 bits per heavy atom. The Hall–Kier alpha value is -1.71. The molecule has 0 radical (unpaired) electrons. The molecule has 2 N–H and O–H groups in total. The van der Waals surface area contributed by atoms with Crippen molar-refractivity contribution in [3.05, 3.63) is 29.8 Å². The second kappa shape index (κ2) is 7.34. The minimum absolute atomic E-state index is 0.352. The summed E-state index contributed by atoms with van der Waals surface area (Å²) in [5.41, 5.74) is 2.38. The van der Waals surface area contributed by atoms with E-state index in [-0.39, 0.29) is 11.7 Å². The van der Waals surface area contributed by atoms with Crippen LogP contribution in [0.25, 0.3) is 0 Å². The summed E-state index contributed by atoms with van der Waals surface area (Å²) in [5.74, 6) is 0.659. The number of alkyl carbamates (subject to hydrolysis) is 1. The third-order valence-corrected chi connectivity index (χ3v) is 3.30. The molecule has 4 nitrogen and oxygen atoms in total. The number of para-hydroxylation sites is 1. The molecule has 0 bridgehead atoms. The van der Waals surface area contributed by atoms with E-state index in [9.17, 15) is 4.79 Å². The number of fused-ring (bicyclic) bond motifs is 1. The van der Waals surface area contributed by atoms with Crippen LogP contribution >= 0.6 is 0 Å². The first-order chi connectivity index (χ1) is 9.74. The van der Waals surface area contributed by atoms with Crippen molar-refractivity contribution in [3.63, 3.8) is 0 Å². The van der Waals surface area contributed by atoms with Crippen LogP contribution in [0.15, 0.2) is 24.3 Å². The lowest BCUT2D eigenvalue weighted by Crippen LogP contribution is -2.32. The Labute approximate surface area is 128 Å². The van der Waals surface area contributed by atoms with Gasteiger partial charge in [0.05, 0.1) is 0 Å². The Morgan fingerprint density at radius 3 is 2.43 bits per heavy atom. The molecule has 1 aliphatic heterocycles. The number of nitrogens with one attached hydrogen (secondary N) is 2. The van der Waals surface area contributed by atoms with E-state index in [1.165, 1.54) is 11.3 Å². The largest absolute Gasteiger partial charge is 0.444 e. The summed E-state index contributed by atoms with van der Waals surface area (Å²) < 4.78 is 4.93. The van der Waals surface area contributed by atoms with Crippen molar-refractivity contribution < 1.29 is 9.53 Å². The van der Waals surface area contributed by atoms with Crippen molar-refractivity contribution in [2.45, 2.75) is 59.1 Å². The molecule has 1 heterocycles. The van der Waals surface area contributed by atoms with Crippen LogP contribution < -0.4 is 10.6 Å². The van der Waals surface area contributed by atoms with E-state index in [1.54, 1.807) is 0 Å². The fourth-order valence-electron chi connectivity index (χ4n) is 2.12. The normalized spacial score (nSPS) is 19.7. The number of carbonyl (C=O) groups is 1. The van der Waals surface area contributed by atoms with Gasteiger partial charge in [0, 0.05) is 24.2 Å². The van der Waals surface area contributed by atoms with E-state index in [4.69, 9.17) is 4.74 Å². The van der Waals surface area contributed by atoms with E-state index in [1.807, 2.05) is 27.7 Å². The molecule has 2 unspecified atom stereocenters. The molecule has 0 aromatic heterocycles. The molecule has 21 heavy (non-hydrogen) atoms. The van der Waals surface area contributed by atoms with Gasteiger partial charge in [-0.2, -0.15) is 0 Å². The molecule has 0 aliphatic carbocycles. The lowest BCUT2D eigenvalue weighted by Gasteiger charge is -2.19. The zero-order chi connectivity index (χ0) is 16.0. The highest BCUT2D eigenvalue weighted by atomic mass is 16.6. The summed E-state index contributed by atoms with van der Waals surface area (Å²) in [6.07, 6.45) is -0.352. The van der Waals surface area contributed by atoms with E-state index in [0.717, 1.165) is 0 Å². The Bertz CT molecular complexity index is 466. The predicted octanol–water partition coefficient (Wildman–Crippen LogP) is 4.14. The number of ether oxygens (including phenoxy) is 1. The van der Waals surface area contributed by atoms with Crippen LogP contribution in [-0.2, 0) is 4.74 Å². The second-order valence-electron chi connectivity index (χ2n) is 6.34. The maximum atomic E-state index is 10.7. The molecule has 4 heteroatoms. The number of carbonyl (C=O) groups excluding carboxylic acids is 1. The highest BCUT2D eigenvalue weighted by Gasteiger charge is 2.23. The first kappa shape index (κ1) is 17.3. The molecular weight excluding hydrogens is 264 g/mol. The fraction of sp³-hybridized carbons (Fsp3) is 0.588. The Morgan fingerprint density at radius 2 is 1.90 bits per heavy atom. The quantitative estimate of drug-likeness (QED) is 0.818.